The summed E-state index contributed by atoms with van der Waals surface area (Å²) < 4.78 is 17.1. The number of aliphatic hydroxyl groups is 1. The summed E-state index contributed by atoms with van der Waals surface area (Å²) in [4.78, 5) is 32.2. The van der Waals surface area contributed by atoms with E-state index in [1.807, 2.05) is 13.0 Å². The van der Waals surface area contributed by atoms with Gasteiger partial charge < -0.3 is 19.0 Å². The second kappa shape index (κ2) is 8.68. The lowest BCUT2D eigenvalue weighted by Crippen LogP contribution is -2.29. The van der Waals surface area contributed by atoms with Crippen molar-refractivity contribution in [1.29, 1.82) is 0 Å². The van der Waals surface area contributed by atoms with Crippen LogP contribution in [0.1, 0.15) is 24.3 Å². The lowest BCUT2D eigenvalue weighted by atomic mass is 9.99. The van der Waals surface area contributed by atoms with E-state index in [4.69, 9.17) is 13.9 Å². The number of Topliss-reactive ketones (excluding diaryl/α,β-unsaturated/α-hetero) is 1. The van der Waals surface area contributed by atoms with Crippen LogP contribution in [0.2, 0.25) is 0 Å². The number of benzene rings is 2. The standard InChI is InChI=1S/C25H20N2O6S/c1-3-32-15-8-6-14(7-9-15)22(28)20-21(18-5-4-12-33-18)27(24(30)23(20)29)25-26-17-11-10-16(31-2)13-19(17)34-25/h4-13,21,28H,3H2,1-2H3. The van der Waals surface area contributed by atoms with Crippen molar-refractivity contribution in [1.82, 2.24) is 4.98 Å². The number of ether oxygens (including phenoxy) is 2. The first kappa shape index (κ1) is 21.7. The highest BCUT2D eigenvalue weighted by Crippen LogP contribution is 2.44. The Hall–Kier alpha value is -4.11. The molecule has 5 rings (SSSR count). The lowest BCUT2D eigenvalue weighted by molar-refractivity contribution is -0.132. The fraction of sp³-hybridized carbons (Fsp3) is 0.160. The van der Waals surface area contributed by atoms with Crippen LogP contribution in [0, 0.1) is 0 Å². The van der Waals surface area contributed by atoms with E-state index in [0.29, 0.717) is 40.1 Å². The van der Waals surface area contributed by atoms with Crippen molar-refractivity contribution in [2.75, 3.05) is 18.6 Å². The van der Waals surface area contributed by atoms with Gasteiger partial charge in [-0.25, -0.2) is 4.98 Å². The first-order chi connectivity index (χ1) is 16.5. The quantitative estimate of drug-likeness (QED) is 0.239. The zero-order chi connectivity index (χ0) is 23.8. The first-order valence-electron chi connectivity index (χ1n) is 10.5. The SMILES string of the molecule is CCOc1ccc(C(O)=C2C(=O)C(=O)N(c3nc4ccc(OC)cc4s3)C2c2ccco2)cc1. The maximum Gasteiger partial charge on any atom is 0.302 e. The van der Waals surface area contributed by atoms with Gasteiger partial charge >= 0.3 is 5.91 Å². The number of nitrogens with zero attached hydrogens (tertiary/aromatic N) is 2. The Balaban J connectivity index is 1.64. The number of carbonyl (C=O) groups is 2. The molecule has 34 heavy (non-hydrogen) atoms. The largest absolute Gasteiger partial charge is 0.507 e. The number of thiazole rings is 1. The molecule has 0 aliphatic carbocycles. The molecule has 1 aliphatic heterocycles. The second-order valence-electron chi connectivity index (χ2n) is 7.47. The van der Waals surface area contributed by atoms with Gasteiger partial charge in [0.2, 0.25) is 0 Å². The number of hydrogen-bond acceptors (Lipinski definition) is 8. The van der Waals surface area contributed by atoms with Crippen LogP contribution in [0.25, 0.3) is 16.0 Å². The monoisotopic (exact) mass is 476 g/mol. The van der Waals surface area contributed by atoms with Crippen molar-refractivity contribution in [2.24, 2.45) is 0 Å². The molecule has 1 fully saturated rings. The van der Waals surface area contributed by atoms with Crippen molar-refractivity contribution < 1.29 is 28.6 Å². The lowest BCUT2D eigenvalue weighted by Gasteiger charge is -2.20. The molecule has 172 valence electrons. The molecule has 1 saturated heterocycles. The smallest absolute Gasteiger partial charge is 0.302 e. The van der Waals surface area contributed by atoms with Gasteiger partial charge in [-0.2, -0.15) is 0 Å². The zero-order valence-corrected chi connectivity index (χ0v) is 19.2. The summed E-state index contributed by atoms with van der Waals surface area (Å²) in [5, 5.41) is 11.5. The number of rotatable bonds is 6. The molecule has 0 saturated carbocycles. The number of anilines is 1. The minimum atomic E-state index is -0.968. The number of fused-ring (bicyclic) bond motifs is 1. The molecule has 1 N–H and O–H groups in total. The van der Waals surface area contributed by atoms with E-state index in [0.717, 1.165) is 4.70 Å². The zero-order valence-electron chi connectivity index (χ0n) is 18.3. The molecule has 1 atom stereocenters. The molecule has 1 amide bonds. The molecule has 9 heteroatoms. The molecule has 3 heterocycles. The van der Waals surface area contributed by atoms with E-state index in [-0.39, 0.29) is 11.3 Å². The Morgan fingerprint density at radius 1 is 1.15 bits per heavy atom. The molecule has 1 unspecified atom stereocenters. The number of hydrogen-bond donors (Lipinski definition) is 1. The Labute approximate surface area is 198 Å². The van der Waals surface area contributed by atoms with Gasteiger partial charge in [-0.15, -0.1) is 0 Å². The van der Waals surface area contributed by atoms with Crippen LogP contribution < -0.4 is 14.4 Å². The predicted octanol–water partition coefficient (Wildman–Crippen LogP) is 4.92. The van der Waals surface area contributed by atoms with Crippen LogP contribution in [-0.2, 0) is 9.59 Å². The molecule has 0 bridgehead atoms. The summed E-state index contributed by atoms with van der Waals surface area (Å²) in [5.74, 6) is -0.282. The minimum Gasteiger partial charge on any atom is -0.507 e. The van der Waals surface area contributed by atoms with E-state index in [9.17, 15) is 14.7 Å². The molecule has 8 nitrogen and oxygen atoms in total. The van der Waals surface area contributed by atoms with Crippen molar-refractivity contribution in [3.05, 3.63) is 77.8 Å². The number of methoxy groups -OCH3 is 1. The van der Waals surface area contributed by atoms with Crippen LogP contribution in [0.4, 0.5) is 5.13 Å². The Kier molecular flexibility index (Phi) is 5.54. The van der Waals surface area contributed by atoms with Gasteiger partial charge in [0.05, 0.1) is 35.8 Å². The van der Waals surface area contributed by atoms with Gasteiger partial charge in [-0.1, -0.05) is 11.3 Å². The summed E-state index contributed by atoms with van der Waals surface area (Å²) in [6.07, 6.45) is 1.45. The Morgan fingerprint density at radius 2 is 1.91 bits per heavy atom. The predicted molar refractivity (Wildman–Crippen MR) is 127 cm³/mol. The fourth-order valence-corrected chi connectivity index (χ4v) is 4.92. The third kappa shape index (κ3) is 3.60. The van der Waals surface area contributed by atoms with Crippen LogP contribution in [0.15, 0.2) is 70.9 Å². The van der Waals surface area contributed by atoms with Crippen LogP contribution in [0.5, 0.6) is 11.5 Å². The molecule has 0 spiro atoms. The average molecular weight is 477 g/mol. The maximum absolute atomic E-state index is 13.2. The highest BCUT2D eigenvalue weighted by atomic mass is 32.1. The summed E-state index contributed by atoms with van der Waals surface area (Å²) in [6, 6.07) is 14.4. The van der Waals surface area contributed by atoms with E-state index in [1.54, 1.807) is 55.6 Å². The highest BCUT2D eigenvalue weighted by Gasteiger charge is 2.49. The van der Waals surface area contributed by atoms with Crippen LogP contribution >= 0.6 is 11.3 Å². The molecular formula is C25H20N2O6S. The molecular weight excluding hydrogens is 456 g/mol. The van der Waals surface area contributed by atoms with E-state index >= 15 is 0 Å². The van der Waals surface area contributed by atoms with Gasteiger partial charge in [0, 0.05) is 5.56 Å². The van der Waals surface area contributed by atoms with E-state index in [2.05, 4.69) is 4.98 Å². The summed E-state index contributed by atoms with van der Waals surface area (Å²) in [5.41, 5.74) is 0.973. The van der Waals surface area contributed by atoms with E-state index < -0.39 is 17.7 Å². The van der Waals surface area contributed by atoms with Crippen molar-refractivity contribution in [2.45, 2.75) is 13.0 Å². The molecule has 2 aromatic heterocycles. The second-order valence-corrected chi connectivity index (χ2v) is 8.48. The number of amides is 1. The highest BCUT2D eigenvalue weighted by molar-refractivity contribution is 7.22. The van der Waals surface area contributed by atoms with Crippen LogP contribution in [0.3, 0.4) is 0 Å². The van der Waals surface area contributed by atoms with Gasteiger partial charge in [-0.3, -0.25) is 14.5 Å². The van der Waals surface area contributed by atoms with Gasteiger partial charge in [0.25, 0.3) is 5.78 Å². The Morgan fingerprint density at radius 3 is 2.59 bits per heavy atom. The molecule has 0 radical (unpaired) electrons. The van der Waals surface area contributed by atoms with Crippen molar-refractivity contribution in [3.8, 4) is 11.5 Å². The van der Waals surface area contributed by atoms with Crippen molar-refractivity contribution in [3.63, 3.8) is 0 Å². The normalized spacial score (nSPS) is 17.5. The average Bonchev–Trinajstić information content (AvgIpc) is 3.57. The number of carbonyl (C=O) groups excluding carboxylic acids is 2. The number of ketones is 1. The molecule has 2 aromatic carbocycles. The number of aromatic nitrogens is 1. The Bertz CT molecular complexity index is 1410. The van der Waals surface area contributed by atoms with Gasteiger partial charge in [-0.05, 0) is 61.5 Å². The third-order valence-corrected chi connectivity index (χ3v) is 6.50. The van der Waals surface area contributed by atoms with Crippen LogP contribution in [-0.4, -0.2) is 35.5 Å². The summed E-state index contributed by atoms with van der Waals surface area (Å²) in [6.45, 7) is 2.37. The molecule has 1 aliphatic rings. The number of furan rings is 1. The minimum absolute atomic E-state index is 0.0686. The van der Waals surface area contributed by atoms with Crippen molar-refractivity contribution >= 4 is 44.1 Å². The maximum atomic E-state index is 13.2. The van der Waals surface area contributed by atoms with Gasteiger partial charge in [0.1, 0.15) is 29.1 Å². The third-order valence-electron chi connectivity index (χ3n) is 5.49. The topological polar surface area (TPSA) is 102 Å². The fourth-order valence-electron chi connectivity index (χ4n) is 3.90. The number of aliphatic hydroxyl groups excluding tert-OH is 1. The molecule has 4 aromatic rings. The summed E-state index contributed by atoms with van der Waals surface area (Å²) >= 11 is 1.25. The van der Waals surface area contributed by atoms with E-state index in [1.165, 1.54) is 22.5 Å². The first-order valence-corrected chi connectivity index (χ1v) is 11.4. The summed E-state index contributed by atoms with van der Waals surface area (Å²) in [7, 11) is 1.57. The van der Waals surface area contributed by atoms with Gasteiger partial charge in [0.15, 0.2) is 5.13 Å².